The Kier molecular flexibility index (Phi) is 17.5. The zero-order valence-electron chi connectivity index (χ0n) is 36.2. The third kappa shape index (κ3) is 15.5. The lowest BCUT2D eigenvalue weighted by molar-refractivity contribution is -0.175. The van der Waals surface area contributed by atoms with Crippen LogP contribution in [0, 0.1) is 10.8 Å². The van der Waals surface area contributed by atoms with Crippen LogP contribution in [0.15, 0.2) is 60.7 Å². The topological polar surface area (TPSA) is 55.4 Å². The molecule has 0 aliphatic carbocycles. The zero-order valence-corrected chi connectivity index (χ0v) is 36.2. The first-order chi connectivity index (χ1) is 23.9. The Bertz CT molecular complexity index is 1160. The predicted molar refractivity (Wildman–Crippen MR) is 217 cm³/mol. The molecule has 0 radical (unpaired) electrons. The number of hydrogen-bond acceptors (Lipinski definition) is 6. The molecule has 0 spiro atoms. The van der Waals surface area contributed by atoms with E-state index in [1.165, 1.54) is 0 Å². The van der Waals surface area contributed by atoms with Crippen molar-refractivity contribution in [1.82, 2.24) is 0 Å². The second-order valence-corrected chi connectivity index (χ2v) is 18.8. The predicted octanol–water partition coefficient (Wildman–Crippen LogP) is 12.1. The monoisotopic (exact) mass is 727 g/mol. The van der Waals surface area contributed by atoms with E-state index >= 15 is 0 Å². The van der Waals surface area contributed by atoms with Crippen molar-refractivity contribution in [3.8, 4) is 0 Å². The first-order valence-electron chi connectivity index (χ1n) is 19.9. The summed E-state index contributed by atoms with van der Waals surface area (Å²) >= 11 is 0. The summed E-state index contributed by atoms with van der Waals surface area (Å²) in [7, 11) is 0. The molecule has 0 aromatic heterocycles. The fourth-order valence-corrected chi connectivity index (χ4v) is 6.17. The molecule has 6 heteroatoms. The van der Waals surface area contributed by atoms with Gasteiger partial charge in [-0.2, -0.15) is 0 Å². The van der Waals surface area contributed by atoms with Gasteiger partial charge < -0.3 is 28.4 Å². The van der Waals surface area contributed by atoms with Crippen molar-refractivity contribution in [3.05, 3.63) is 71.8 Å². The van der Waals surface area contributed by atoms with Crippen molar-refractivity contribution >= 4 is 0 Å². The lowest BCUT2D eigenvalue weighted by Gasteiger charge is -2.45. The Morgan fingerprint density at radius 2 is 0.750 bits per heavy atom. The molecule has 0 aliphatic heterocycles. The van der Waals surface area contributed by atoms with Crippen molar-refractivity contribution in [1.29, 1.82) is 0 Å². The normalized spacial score (nSPS) is 15.0. The van der Waals surface area contributed by atoms with E-state index in [4.69, 9.17) is 28.4 Å². The molecule has 0 fully saturated rings. The number of hydrogen-bond donors (Lipinski definition) is 0. The van der Waals surface area contributed by atoms with Crippen LogP contribution in [0.2, 0.25) is 0 Å². The molecule has 0 aliphatic rings. The summed E-state index contributed by atoms with van der Waals surface area (Å²) in [6.45, 7) is 37.2. The third-order valence-electron chi connectivity index (χ3n) is 11.3. The summed E-state index contributed by atoms with van der Waals surface area (Å²) in [5, 5.41) is 0. The van der Waals surface area contributed by atoms with E-state index in [1.54, 1.807) is 0 Å². The van der Waals surface area contributed by atoms with Crippen molar-refractivity contribution in [2.75, 3.05) is 26.4 Å². The van der Waals surface area contributed by atoms with E-state index in [0.29, 0.717) is 39.3 Å². The van der Waals surface area contributed by atoms with Crippen LogP contribution in [0.1, 0.15) is 160 Å². The molecule has 0 saturated heterocycles. The SMILES string of the molecule is CC(C)OCCC(C)(C)C(C)(C)OC(CC(C)(C)OCCOC(C)(C)CC(OC(C)(C)C(C)(C)CCOC(C)C)c1ccccc1)c1ccccc1. The van der Waals surface area contributed by atoms with E-state index in [-0.39, 0.29) is 35.2 Å². The van der Waals surface area contributed by atoms with Gasteiger partial charge in [-0.3, -0.25) is 0 Å². The average Bonchev–Trinajstić information content (AvgIpc) is 3.02. The molecule has 0 N–H and O–H groups in total. The van der Waals surface area contributed by atoms with Crippen LogP contribution >= 0.6 is 0 Å². The van der Waals surface area contributed by atoms with Gasteiger partial charge >= 0.3 is 0 Å². The molecule has 2 aromatic rings. The molecule has 2 aromatic carbocycles. The van der Waals surface area contributed by atoms with Gasteiger partial charge in [0.2, 0.25) is 0 Å². The van der Waals surface area contributed by atoms with Crippen molar-refractivity contribution in [2.24, 2.45) is 10.8 Å². The molecule has 298 valence electrons. The molecular weight excluding hydrogens is 648 g/mol. The fraction of sp³-hybridized carbons (Fsp3) is 0.739. The summed E-state index contributed by atoms with van der Waals surface area (Å²) in [6.07, 6.45) is 3.39. The maximum atomic E-state index is 7.04. The Hall–Kier alpha value is -1.80. The van der Waals surface area contributed by atoms with Crippen molar-refractivity contribution in [2.45, 2.75) is 183 Å². The standard InChI is InChI=1S/C46H78O6/c1-35(2)47-29-27-41(5,6)45(13,14)51-39(37-23-19-17-20-24-37)33-43(9,10)49-31-32-50-44(11,12)34-40(38-25-21-18-22-26-38)52-46(15,16)42(7,8)28-30-48-36(3)4/h17-26,35-36,39-40H,27-34H2,1-16H3. The molecule has 2 atom stereocenters. The largest absolute Gasteiger partial charge is 0.379 e. The highest BCUT2D eigenvalue weighted by Crippen LogP contribution is 2.44. The molecule has 2 rings (SSSR count). The summed E-state index contributed by atoms with van der Waals surface area (Å²) < 4.78 is 39.1. The zero-order chi connectivity index (χ0) is 39.4. The van der Waals surface area contributed by atoms with Gasteiger partial charge in [-0.05, 0) is 118 Å². The van der Waals surface area contributed by atoms with E-state index in [0.717, 1.165) is 24.0 Å². The Morgan fingerprint density at radius 1 is 0.442 bits per heavy atom. The summed E-state index contributed by atoms with van der Waals surface area (Å²) in [6, 6.07) is 21.1. The molecular formula is C46H78O6. The van der Waals surface area contributed by atoms with Crippen LogP contribution in [0.3, 0.4) is 0 Å². The van der Waals surface area contributed by atoms with Crippen LogP contribution < -0.4 is 0 Å². The Morgan fingerprint density at radius 3 is 1.04 bits per heavy atom. The second kappa shape index (κ2) is 19.7. The first kappa shape index (κ1) is 46.4. The first-order valence-corrected chi connectivity index (χ1v) is 19.9. The lowest BCUT2D eigenvalue weighted by atomic mass is 9.74. The average molecular weight is 727 g/mol. The second-order valence-electron chi connectivity index (χ2n) is 18.8. The molecule has 0 saturated carbocycles. The lowest BCUT2D eigenvalue weighted by Crippen LogP contribution is -2.44. The van der Waals surface area contributed by atoms with E-state index in [9.17, 15) is 0 Å². The molecule has 0 bridgehead atoms. The highest BCUT2D eigenvalue weighted by Gasteiger charge is 2.42. The highest BCUT2D eigenvalue weighted by atomic mass is 16.6. The van der Waals surface area contributed by atoms with Crippen molar-refractivity contribution < 1.29 is 28.4 Å². The minimum atomic E-state index is -0.445. The van der Waals surface area contributed by atoms with Gasteiger partial charge in [0.1, 0.15) is 0 Å². The van der Waals surface area contributed by atoms with E-state index in [2.05, 4.69) is 171 Å². The molecule has 2 unspecified atom stereocenters. The molecule has 0 heterocycles. The van der Waals surface area contributed by atoms with Crippen LogP contribution in [0.4, 0.5) is 0 Å². The van der Waals surface area contributed by atoms with Gasteiger partial charge in [-0.25, -0.2) is 0 Å². The van der Waals surface area contributed by atoms with Gasteiger partial charge in [0.25, 0.3) is 0 Å². The van der Waals surface area contributed by atoms with Crippen LogP contribution in [0.25, 0.3) is 0 Å². The molecule has 0 amide bonds. The highest BCUT2D eigenvalue weighted by molar-refractivity contribution is 5.19. The van der Waals surface area contributed by atoms with Crippen LogP contribution in [-0.2, 0) is 28.4 Å². The minimum Gasteiger partial charge on any atom is -0.379 e. The summed E-state index contributed by atoms with van der Waals surface area (Å²) in [5.74, 6) is 0. The van der Waals surface area contributed by atoms with Gasteiger partial charge in [-0.15, -0.1) is 0 Å². The Labute approximate surface area is 320 Å². The number of benzene rings is 2. The fourth-order valence-electron chi connectivity index (χ4n) is 6.17. The third-order valence-corrected chi connectivity index (χ3v) is 11.3. The van der Waals surface area contributed by atoms with Gasteiger partial charge in [-0.1, -0.05) is 88.4 Å². The van der Waals surface area contributed by atoms with E-state index in [1.807, 2.05) is 0 Å². The van der Waals surface area contributed by atoms with Gasteiger partial charge in [0, 0.05) is 26.1 Å². The quantitative estimate of drug-likeness (QED) is 0.0950. The minimum absolute atomic E-state index is 0.103. The maximum absolute atomic E-state index is 7.04. The van der Waals surface area contributed by atoms with Crippen molar-refractivity contribution in [3.63, 3.8) is 0 Å². The summed E-state index contributed by atoms with van der Waals surface area (Å²) in [4.78, 5) is 0. The smallest absolute Gasteiger partial charge is 0.0859 e. The van der Waals surface area contributed by atoms with E-state index < -0.39 is 22.4 Å². The molecule has 6 nitrogen and oxygen atoms in total. The Balaban J connectivity index is 2.10. The number of ether oxygens (including phenoxy) is 6. The van der Waals surface area contributed by atoms with Gasteiger partial charge in [0.05, 0.1) is 60.0 Å². The molecule has 52 heavy (non-hydrogen) atoms. The maximum Gasteiger partial charge on any atom is 0.0859 e. The summed E-state index contributed by atoms with van der Waals surface area (Å²) in [5.41, 5.74) is 0.412. The van der Waals surface area contributed by atoms with Crippen LogP contribution in [0.5, 0.6) is 0 Å². The van der Waals surface area contributed by atoms with Gasteiger partial charge in [0.15, 0.2) is 0 Å². The number of rotatable bonds is 25. The van der Waals surface area contributed by atoms with Crippen LogP contribution in [-0.4, -0.2) is 61.0 Å².